The number of hydrogen-bond acceptors (Lipinski definition) is 4. The topological polar surface area (TPSA) is 62.8 Å². The maximum atomic E-state index is 18.0. The molecule has 0 saturated heterocycles. The van der Waals surface area contributed by atoms with E-state index in [1.54, 1.807) is 146 Å². The first-order valence-electron chi connectivity index (χ1n) is 28.6. The van der Waals surface area contributed by atoms with Crippen molar-refractivity contribution in [3.63, 3.8) is 0 Å². The standard InChI is InChI=1S/C68H38F2N6/c1-73-61-27-15-13-25-51(61)56-38-60(70)65(39-57(56)50-24-12-10-18-46(50)42-72)75(47-19-5-3-6-20-47)63-35-31-43-30-34-54-64(36-32-44-29-33-53(63)67(43)68(44)54)76(48-21-7-4-8-22-48)66-40-58(52-26-14-16-28-62(52)74-2)55(37-59(66)69)49-23-11-9-17-45(49)41-71/h3-40H/i3D,4D,5D,6D,7D,8D,19D,20D,21D,22D. The summed E-state index contributed by atoms with van der Waals surface area (Å²) in [6, 6.07) is 42.6. The van der Waals surface area contributed by atoms with Gasteiger partial charge in [-0.1, -0.05) is 158 Å². The Morgan fingerprint density at radius 1 is 0.395 bits per heavy atom. The first kappa shape index (κ1) is 36.1. The Bertz CT molecular complexity index is 4710. The van der Waals surface area contributed by atoms with Crippen LogP contribution in [0.5, 0.6) is 0 Å². The van der Waals surface area contributed by atoms with Crippen LogP contribution >= 0.6 is 0 Å². The zero-order valence-electron chi connectivity index (χ0n) is 49.6. The second kappa shape index (κ2) is 19.3. The van der Waals surface area contributed by atoms with E-state index in [1.165, 1.54) is 34.1 Å². The molecule has 0 radical (unpaired) electrons. The van der Waals surface area contributed by atoms with Gasteiger partial charge in [0.2, 0.25) is 0 Å². The lowest BCUT2D eigenvalue weighted by molar-refractivity contribution is 0.629. The molecule has 0 aliphatic rings. The Kier molecular flexibility index (Phi) is 9.15. The van der Waals surface area contributed by atoms with E-state index >= 15 is 8.78 Å². The van der Waals surface area contributed by atoms with Gasteiger partial charge in [0.05, 0.1) is 72.9 Å². The summed E-state index contributed by atoms with van der Waals surface area (Å²) in [5.74, 6) is -1.87. The van der Waals surface area contributed by atoms with Crippen LogP contribution in [-0.2, 0) is 0 Å². The van der Waals surface area contributed by atoms with E-state index in [2.05, 4.69) is 21.8 Å². The summed E-state index contributed by atoms with van der Waals surface area (Å²) < 4.78 is 127. The van der Waals surface area contributed by atoms with Crippen molar-refractivity contribution in [2.75, 3.05) is 9.80 Å². The zero-order chi connectivity index (χ0) is 60.6. The van der Waals surface area contributed by atoms with Crippen molar-refractivity contribution in [2.45, 2.75) is 0 Å². The van der Waals surface area contributed by atoms with Gasteiger partial charge in [-0.25, -0.2) is 18.5 Å². The molecule has 12 aromatic rings. The van der Waals surface area contributed by atoms with Gasteiger partial charge in [0.15, 0.2) is 11.4 Å². The van der Waals surface area contributed by atoms with Crippen LogP contribution in [0.2, 0.25) is 0 Å². The van der Waals surface area contributed by atoms with Crippen molar-refractivity contribution < 1.29 is 22.5 Å². The minimum absolute atomic E-state index is 0.119. The minimum Gasteiger partial charge on any atom is -0.307 e. The molecule has 0 aromatic heterocycles. The molecule has 12 aromatic carbocycles. The molecule has 0 saturated carbocycles. The van der Waals surface area contributed by atoms with Gasteiger partial charge in [-0.15, -0.1) is 0 Å². The third-order valence-corrected chi connectivity index (χ3v) is 13.5. The van der Waals surface area contributed by atoms with Crippen molar-refractivity contribution in [1.29, 1.82) is 10.5 Å². The quantitative estimate of drug-likeness (QED) is 0.101. The average Bonchev–Trinajstić information content (AvgIpc) is 0.833. The van der Waals surface area contributed by atoms with Gasteiger partial charge in [0.25, 0.3) is 0 Å². The van der Waals surface area contributed by atoms with E-state index in [0.717, 1.165) is 0 Å². The van der Waals surface area contributed by atoms with Gasteiger partial charge >= 0.3 is 0 Å². The SMILES string of the molecule is [2H]c1c([2H])c([2H])c(N(c2cc(-c3ccccc3C#N)c(-c3ccccc3[N+]#[C-])cc2F)c2ccc3ccc4c(N(c5cc(-c6ccccc6[N+]#[C-])c(-c6ccccc6C#N)cc5F)c5c([2H])c([2H])c([2H])c([2H])c5[2H])ccc5ccc2c3c54)c([2H])c1[2H]. The highest BCUT2D eigenvalue weighted by Gasteiger charge is 2.28. The van der Waals surface area contributed by atoms with E-state index in [4.69, 9.17) is 21.4 Å². The molecule has 0 bridgehead atoms. The average molecular weight is 987 g/mol. The number of nitrogens with zero attached hydrogens (tertiary/aromatic N) is 6. The Balaban J connectivity index is 1.19. The molecule has 0 unspecified atom stereocenters. The van der Waals surface area contributed by atoms with Crippen LogP contribution in [0, 0.1) is 47.4 Å². The molecule has 0 atom stereocenters. The van der Waals surface area contributed by atoms with Crippen molar-refractivity contribution in [3.8, 4) is 56.6 Å². The summed E-state index contributed by atoms with van der Waals surface area (Å²) in [6.07, 6.45) is 0. The Hall–Kier alpha value is -10.9. The van der Waals surface area contributed by atoms with Gasteiger partial charge in [0.1, 0.15) is 11.6 Å². The number of rotatable bonds is 10. The number of nitriles is 2. The lowest BCUT2D eigenvalue weighted by atomic mass is 9.89. The van der Waals surface area contributed by atoms with Crippen LogP contribution in [-0.4, -0.2) is 0 Å². The number of para-hydroxylation sites is 4. The van der Waals surface area contributed by atoms with Crippen LogP contribution in [0.3, 0.4) is 0 Å². The summed E-state index contributed by atoms with van der Waals surface area (Å²) in [4.78, 5) is 9.97. The van der Waals surface area contributed by atoms with Crippen LogP contribution in [0.1, 0.15) is 24.8 Å². The minimum atomic E-state index is -0.937. The molecule has 0 N–H and O–H groups in total. The fourth-order valence-corrected chi connectivity index (χ4v) is 10.2. The summed E-state index contributed by atoms with van der Waals surface area (Å²) in [7, 11) is 0. The predicted molar refractivity (Wildman–Crippen MR) is 303 cm³/mol. The molecule has 8 heteroatoms. The summed E-state index contributed by atoms with van der Waals surface area (Å²) >= 11 is 0. The summed E-state index contributed by atoms with van der Waals surface area (Å²) in [6.45, 7) is 16.2. The highest BCUT2D eigenvalue weighted by Crippen LogP contribution is 2.51. The molecular weight excluding hydrogens is 939 g/mol. The van der Waals surface area contributed by atoms with Gasteiger partial charge in [-0.2, -0.15) is 10.5 Å². The molecule has 6 nitrogen and oxygen atoms in total. The van der Waals surface area contributed by atoms with E-state index in [0.29, 0.717) is 54.6 Å². The van der Waals surface area contributed by atoms with E-state index in [1.807, 2.05) is 0 Å². The molecule has 354 valence electrons. The number of benzene rings is 12. The lowest BCUT2D eigenvalue weighted by Crippen LogP contribution is -2.13. The fraction of sp³-hybridized carbons (Fsp3) is 0. The second-order valence-electron chi connectivity index (χ2n) is 17.5. The highest BCUT2D eigenvalue weighted by atomic mass is 19.1. The lowest BCUT2D eigenvalue weighted by Gasteiger charge is -2.30. The van der Waals surface area contributed by atoms with Crippen molar-refractivity contribution >= 4 is 77.8 Å². The Morgan fingerprint density at radius 3 is 1.17 bits per heavy atom. The third-order valence-electron chi connectivity index (χ3n) is 13.5. The van der Waals surface area contributed by atoms with E-state index in [9.17, 15) is 16.0 Å². The van der Waals surface area contributed by atoms with Crippen molar-refractivity contribution in [1.82, 2.24) is 0 Å². The van der Waals surface area contributed by atoms with Gasteiger partial charge < -0.3 is 9.80 Å². The zero-order valence-corrected chi connectivity index (χ0v) is 39.6. The maximum absolute atomic E-state index is 18.0. The molecule has 0 aliphatic heterocycles. The number of hydrogen-bond donors (Lipinski definition) is 0. The molecule has 0 aliphatic carbocycles. The first-order valence-corrected chi connectivity index (χ1v) is 23.6. The number of halogens is 2. The maximum Gasteiger partial charge on any atom is 0.194 e. The van der Waals surface area contributed by atoms with Crippen LogP contribution in [0.15, 0.2) is 230 Å². The Labute approximate surface area is 451 Å². The van der Waals surface area contributed by atoms with Crippen LogP contribution in [0.4, 0.5) is 54.3 Å². The molecule has 0 heterocycles. The van der Waals surface area contributed by atoms with Gasteiger partial charge in [0, 0.05) is 33.3 Å². The largest absolute Gasteiger partial charge is 0.307 e. The third kappa shape index (κ3) is 7.76. The normalized spacial score (nSPS) is 12.8. The molecule has 76 heavy (non-hydrogen) atoms. The highest BCUT2D eigenvalue weighted by molar-refractivity contribution is 6.28. The van der Waals surface area contributed by atoms with Crippen LogP contribution in [0.25, 0.3) is 86.5 Å². The second-order valence-corrected chi connectivity index (χ2v) is 17.5. The molecular formula is C68H38F2N6. The Morgan fingerprint density at radius 2 is 0.750 bits per heavy atom. The number of anilines is 6. The fourth-order valence-electron chi connectivity index (χ4n) is 10.2. The van der Waals surface area contributed by atoms with Crippen LogP contribution < -0.4 is 9.80 Å². The summed E-state index contributed by atoms with van der Waals surface area (Å²) in [5.41, 5.74) is 1.91. The first-order chi connectivity index (χ1) is 41.5. The van der Waals surface area contributed by atoms with Crippen molar-refractivity contribution in [2.24, 2.45) is 0 Å². The van der Waals surface area contributed by atoms with Crippen molar-refractivity contribution in [3.05, 3.63) is 276 Å². The van der Waals surface area contributed by atoms with E-state index in [-0.39, 0.29) is 67.5 Å². The van der Waals surface area contributed by atoms with E-state index < -0.39 is 83.4 Å². The van der Waals surface area contributed by atoms with Gasteiger partial charge in [-0.3, -0.25) is 0 Å². The smallest absolute Gasteiger partial charge is 0.194 e. The molecule has 0 spiro atoms. The monoisotopic (exact) mass is 986 g/mol. The summed E-state index contributed by atoms with van der Waals surface area (Å²) in [5, 5.41) is 23.6. The molecule has 0 fully saturated rings. The molecule has 12 rings (SSSR count). The molecule has 0 amide bonds. The predicted octanol–water partition coefficient (Wildman–Crippen LogP) is 19.3. The van der Waals surface area contributed by atoms with Gasteiger partial charge in [-0.05, 0) is 128 Å².